The molecule has 1 atom stereocenters. The maximum Gasteiger partial charge on any atom is 0.181 e. The first kappa shape index (κ1) is 39.2. The van der Waals surface area contributed by atoms with Gasteiger partial charge in [-0.2, -0.15) is 0 Å². The van der Waals surface area contributed by atoms with Gasteiger partial charge in [-0.3, -0.25) is 0 Å². The van der Waals surface area contributed by atoms with Crippen molar-refractivity contribution in [3.63, 3.8) is 0 Å². The first-order valence-corrected chi connectivity index (χ1v) is 25.9. The zero-order valence-electron chi connectivity index (χ0n) is 38.3. The van der Waals surface area contributed by atoms with Crippen LogP contribution in [0.3, 0.4) is 0 Å². The van der Waals surface area contributed by atoms with E-state index in [1.165, 1.54) is 81.9 Å². The van der Waals surface area contributed by atoms with Gasteiger partial charge < -0.3 is 9.32 Å². The number of furan rings is 1. The van der Waals surface area contributed by atoms with Crippen molar-refractivity contribution >= 4 is 67.8 Å². The van der Waals surface area contributed by atoms with E-state index >= 15 is 0 Å². The molecule has 10 aromatic carbocycles. The van der Waals surface area contributed by atoms with E-state index in [9.17, 15) is 0 Å². The molecule has 2 nitrogen and oxygen atoms in total. The molecule has 14 rings (SSSR count). The van der Waals surface area contributed by atoms with Crippen molar-refractivity contribution in [3.05, 3.63) is 258 Å². The van der Waals surface area contributed by atoms with Crippen LogP contribution in [0.25, 0.3) is 55.3 Å². The summed E-state index contributed by atoms with van der Waals surface area (Å²) in [7, 11) is -2.97. The Bertz CT molecular complexity index is 3830. The Morgan fingerprint density at radius 3 is 1.62 bits per heavy atom. The molecule has 1 aromatic heterocycles. The fraction of sp³-hybridized carbons (Fsp3) is 0.0769. The lowest BCUT2D eigenvalue weighted by atomic mass is 9.74. The lowest BCUT2D eigenvalue weighted by molar-refractivity contribution is 0.660. The molecule has 0 radical (unpaired) electrons. The Balaban J connectivity index is 1.03. The third kappa shape index (κ3) is 5.22. The summed E-state index contributed by atoms with van der Waals surface area (Å²) in [6.45, 7) is 7.18. The van der Waals surface area contributed by atoms with Crippen LogP contribution in [0.4, 0.5) is 17.1 Å². The van der Waals surface area contributed by atoms with Gasteiger partial charge in [-0.05, 0) is 137 Å². The van der Waals surface area contributed by atoms with Gasteiger partial charge in [-0.15, -0.1) is 0 Å². The number of rotatable bonds is 6. The molecule has 322 valence electrons. The summed E-state index contributed by atoms with van der Waals surface area (Å²) in [6, 6.07) is 86.8. The smallest absolute Gasteiger partial charge is 0.181 e. The number of benzene rings is 10. The second-order valence-corrected chi connectivity index (χ2v) is 23.4. The van der Waals surface area contributed by atoms with Crippen LogP contribution in [0.1, 0.15) is 48.6 Å². The predicted molar refractivity (Wildman–Crippen MR) is 286 cm³/mol. The van der Waals surface area contributed by atoms with Gasteiger partial charge in [-0.25, -0.2) is 0 Å². The zero-order valence-corrected chi connectivity index (χ0v) is 39.3. The summed E-state index contributed by atoms with van der Waals surface area (Å²) in [5, 5.41) is 7.77. The predicted octanol–water partition coefficient (Wildman–Crippen LogP) is 14.1. The molecular weight excluding hydrogens is 839 g/mol. The van der Waals surface area contributed by atoms with Gasteiger partial charge in [-0.1, -0.05) is 196 Å². The van der Waals surface area contributed by atoms with Gasteiger partial charge in [0.05, 0.1) is 0 Å². The van der Waals surface area contributed by atoms with Crippen LogP contribution in [0, 0.1) is 0 Å². The van der Waals surface area contributed by atoms with Crippen molar-refractivity contribution in [2.75, 3.05) is 4.90 Å². The van der Waals surface area contributed by atoms with Crippen LogP contribution in [0.2, 0.25) is 0 Å². The monoisotopic (exact) mass is 885 g/mol. The van der Waals surface area contributed by atoms with E-state index in [2.05, 4.69) is 256 Å². The van der Waals surface area contributed by atoms with E-state index in [0.717, 1.165) is 39.0 Å². The molecule has 1 unspecified atom stereocenters. The van der Waals surface area contributed by atoms with Crippen molar-refractivity contribution in [2.45, 2.75) is 31.6 Å². The number of fused-ring (bicyclic) bond motifs is 12. The van der Waals surface area contributed by atoms with Gasteiger partial charge in [0, 0.05) is 38.7 Å². The quantitative estimate of drug-likeness (QED) is 0.155. The SMILES string of the molecule is CC1(C)c2ccccc2-c2ccc(N(c3cccc([Si]4(c5ccc6c(c5)oc5ccccc56)c5ccccc5-c5ccccc54)c3)c3ccc4c(c3)C(C)(c3ccccc3)c3ccccc3-4)cc21. The highest BCUT2D eigenvalue weighted by Crippen LogP contribution is 2.55. The Hall–Kier alpha value is -7.98. The standard InChI is InChI=1S/C65H47NOSi/c1-64(2)56-27-12-7-22-48(56)50-35-32-44(39-58(50)64)66(45-33-36-51-49-23-8-13-28-57(49)65(3,59(51)40-45)42-18-5-4-6-19-42)43-20-17-21-46(38-43)68(62-30-15-10-25-54(62)55-26-11-16-31-63(55)68)47-34-37-53-52-24-9-14-29-60(52)67-61(53)41-47/h4-41H,1-3H3. The molecule has 0 fully saturated rings. The average Bonchev–Trinajstić information content (AvgIpc) is 4.07. The van der Waals surface area contributed by atoms with E-state index < -0.39 is 8.07 Å². The minimum atomic E-state index is -2.97. The third-order valence-corrected chi connectivity index (χ3v) is 20.9. The number of nitrogens with zero attached hydrogens (tertiary/aromatic N) is 1. The molecule has 3 aliphatic rings. The topological polar surface area (TPSA) is 16.4 Å². The fourth-order valence-electron chi connectivity index (χ4n) is 12.8. The van der Waals surface area contributed by atoms with Gasteiger partial charge in [0.1, 0.15) is 11.2 Å². The summed E-state index contributed by atoms with van der Waals surface area (Å²) in [5.74, 6) is 0. The highest BCUT2D eigenvalue weighted by Gasteiger charge is 2.49. The lowest BCUT2D eigenvalue weighted by Gasteiger charge is -2.34. The number of para-hydroxylation sites is 1. The van der Waals surface area contributed by atoms with E-state index in [1.54, 1.807) is 0 Å². The van der Waals surface area contributed by atoms with Crippen LogP contribution < -0.4 is 25.6 Å². The van der Waals surface area contributed by atoms with Crippen molar-refractivity contribution in [1.29, 1.82) is 0 Å². The maximum atomic E-state index is 6.69. The summed E-state index contributed by atoms with van der Waals surface area (Å²) in [4.78, 5) is 2.54. The summed E-state index contributed by atoms with van der Waals surface area (Å²) in [6.07, 6.45) is 0. The minimum Gasteiger partial charge on any atom is -0.456 e. The summed E-state index contributed by atoms with van der Waals surface area (Å²) < 4.78 is 6.69. The first-order valence-electron chi connectivity index (χ1n) is 23.9. The number of anilines is 3. The van der Waals surface area contributed by atoms with E-state index in [1.807, 2.05) is 0 Å². The van der Waals surface area contributed by atoms with Crippen LogP contribution in [0.5, 0.6) is 0 Å². The molecule has 0 spiro atoms. The second-order valence-electron chi connectivity index (χ2n) is 19.7. The molecular formula is C65H47NOSi. The molecule has 1 aliphatic heterocycles. The van der Waals surface area contributed by atoms with Crippen molar-refractivity contribution in [3.8, 4) is 33.4 Å². The Morgan fingerprint density at radius 2 is 0.882 bits per heavy atom. The second kappa shape index (κ2) is 14.3. The van der Waals surface area contributed by atoms with Crippen LogP contribution in [-0.2, 0) is 10.8 Å². The molecule has 11 aromatic rings. The normalized spacial score (nSPS) is 16.5. The Kier molecular flexibility index (Phi) is 8.22. The van der Waals surface area contributed by atoms with E-state index in [4.69, 9.17) is 4.42 Å². The molecule has 2 aliphatic carbocycles. The van der Waals surface area contributed by atoms with Gasteiger partial charge in [0.25, 0.3) is 0 Å². The number of hydrogen-bond acceptors (Lipinski definition) is 2. The molecule has 0 saturated carbocycles. The van der Waals surface area contributed by atoms with Crippen LogP contribution >= 0.6 is 0 Å². The third-order valence-electron chi connectivity index (χ3n) is 16.0. The molecule has 2 heterocycles. The van der Waals surface area contributed by atoms with Crippen molar-refractivity contribution in [2.24, 2.45) is 0 Å². The first-order chi connectivity index (χ1) is 33.3. The average molecular weight is 886 g/mol. The minimum absolute atomic E-state index is 0.162. The van der Waals surface area contributed by atoms with Crippen LogP contribution in [0.15, 0.2) is 235 Å². The zero-order chi connectivity index (χ0) is 45.4. The Labute approximate surface area is 398 Å². The van der Waals surface area contributed by atoms with Gasteiger partial charge >= 0.3 is 0 Å². The van der Waals surface area contributed by atoms with Crippen LogP contribution in [-0.4, -0.2) is 8.07 Å². The molecule has 0 saturated heterocycles. The van der Waals surface area contributed by atoms with Crippen molar-refractivity contribution in [1.82, 2.24) is 0 Å². The lowest BCUT2D eigenvalue weighted by Crippen LogP contribution is -2.72. The van der Waals surface area contributed by atoms with E-state index in [0.29, 0.717) is 0 Å². The number of hydrogen-bond donors (Lipinski definition) is 0. The molecule has 0 N–H and O–H groups in total. The molecule has 0 amide bonds. The Morgan fingerprint density at radius 1 is 0.353 bits per heavy atom. The summed E-state index contributed by atoms with van der Waals surface area (Å²) in [5.41, 5.74) is 19.3. The fourth-order valence-corrected chi connectivity index (χ4v) is 18.0. The molecule has 0 bridgehead atoms. The summed E-state index contributed by atoms with van der Waals surface area (Å²) >= 11 is 0. The molecule has 3 heteroatoms. The van der Waals surface area contributed by atoms with Crippen molar-refractivity contribution < 1.29 is 4.42 Å². The highest BCUT2D eigenvalue weighted by atomic mass is 28.3. The highest BCUT2D eigenvalue weighted by molar-refractivity contribution is 7.22. The van der Waals surface area contributed by atoms with E-state index in [-0.39, 0.29) is 10.8 Å². The maximum absolute atomic E-state index is 6.69. The van der Waals surface area contributed by atoms with Gasteiger partial charge in [0.2, 0.25) is 0 Å². The van der Waals surface area contributed by atoms with Gasteiger partial charge in [0.15, 0.2) is 8.07 Å². The molecule has 68 heavy (non-hydrogen) atoms. The largest absolute Gasteiger partial charge is 0.456 e.